The van der Waals surface area contributed by atoms with Gasteiger partial charge in [0.25, 0.3) is 0 Å². The number of thiazole rings is 1. The van der Waals surface area contributed by atoms with Gasteiger partial charge in [-0.15, -0.1) is 23.7 Å². The molecule has 2 aromatic rings. The molecule has 0 saturated carbocycles. The van der Waals surface area contributed by atoms with E-state index in [1.807, 2.05) is 23.6 Å². The Bertz CT molecular complexity index is 702. The lowest BCUT2D eigenvalue weighted by Gasteiger charge is -2.09. The quantitative estimate of drug-likeness (QED) is 0.847. The second-order valence-corrected chi connectivity index (χ2v) is 6.14. The molecule has 0 bridgehead atoms. The molecule has 24 heavy (non-hydrogen) atoms. The number of methoxy groups -OCH3 is 2. The third kappa shape index (κ3) is 3.98. The topological polar surface area (TPSA) is 72.5 Å². The molecule has 0 radical (unpaired) electrons. The monoisotopic (exact) mass is 369 g/mol. The van der Waals surface area contributed by atoms with Crippen LogP contribution in [0.15, 0.2) is 23.6 Å². The zero-order valence-electron chi connectivity index (χ0n) is 13.5. The van der Waals surface area contributed by atoms with E-state index in [2.05, 4.69) is 15.6 Å². The number of nitrogens with zero attached hydrogens (tertiary/aromatic N) is 1. The Morgan fingerprint density at radius 2 is 2.21 bits per heavy atom. The number of amides is 1. The molecule has 1 saturated heterocycles. The Labute approximate surface area is 151 Å². The molecule has 8 heteroatoms. The van der Waals surface area contributed by atoms with Crippen molar-refractivity contribution in [1.29, 1.82) is 0 Å². The van der Waals surface area contributed by atoms with E-state index >= 15 is 0 Å². The summed E-state index contributed by atoms with van der Waals surface area (Å²) in [6.07, 6.45) is 0.869. The molecule has 1 aliphatic heterocycles. The number of ether oxygens (including phenoxy) is 2. The fourth-order valence-corrected chi connectivity index (χ4v) is 3.27. The first-order valence-corrected chi connectivity index (χ1v) is 8.28. The van der Waals surface area contributed by atoms with Crippen LogP contribution in [0.1, 0.15) is 6.42 Å². The number of benzene rings is 1. The zero-order chi connectivity index (χ0) is 16.2. The Morgan fingerprint density at radius 3 is 2.88 bits per heavy atom. The van der Waals surface area contributed by atoms with Crippen molar-refractivity contribution in [1.82, 2.24) is 10.3 Å². The molecule has 0 spiro atoms. The fourth-order valence-electron chi connectivity index (χ4n) is 2.55. The van der Waals surface area contributed by atoms with Crippen LogP contribution in [0.3, 0.4) is 0 Å². The van der Waals surface area contributed by atoms with E-state index in [4.69, 9.17) is 9.47 Å². The summed E-state index contributed by atoms with van der Waals surface area (Å²) >= 11 is 1.40. The van der Waals surface area contributed by atoms with Crippen molar-refractivity contribution in [3.05, 3.63) is 23.6 Å². The van der Waals surface area contributed by atoms with E-state index in [9.17, 15) is 4.79 Å². The van der Waals surface area contributed by atoms with Crippen molar-refractivity contribution in [2.24, 2.45) is 5.92 Å². The van der Waals surface area contributed by atoms with Gasteiger partial charge < -0.3 is 20.1 Å². The summed E-state index contributed by atoms with van der Waals surface area (Å²) in [4.78, 5) is 16.7. The van der Waals surface area contributed by atoms with E-state index < -0.39 is 0 Å². The second kappa shape index (κ2) is 8.32. The number of rotatable bonds is 5. The molecule has 1 aromatic carbocycles. The van der Waals surface area contributed by atoms with Gasteiger partial charge >= 0.3 is 0 Å². The molecule has 6 nitrogen and oxygen atoms in total. The highest BCUT2D eigenvalue weighted by Gasteiger charge is 2.23. The molecule has 3 rings (SSSR count). The number of halogens is 1. The van der Waals surface area contributed by atoms with E-state index in [1.165, 1.54) is 11.3 Å². The van der Waals surface area contributed by atoms with Gasteiger partial charge in [0, 0.05) is 17.5 Å². The van der Waals surface area contributed by atoms with Gasteiger partial charge in [-0.2, -0.15) is 0 Å². The highest BCUT2D eigenvalue weighted by molar-refractivity contribution is 7.14. The molecule has 0 aliphatic carbocycles. The first-order valence-electron chi connectivity index (χ1n) is 7.40. The minimum Gasteiger partial charge on any atom is -0.497 e. The van der Waals surface area contributed by atoms with Gasteiger partial charge in [-0.3, -0.25) is 4.79 Å². The van der Waals surface area contributed by atoms with E-state index in [0.29, 0.717) is 10.9 Å². The maximum Gasteiger partial charge on any atom is 0.230 e. The van der Waals surface area contributed by atoms with Crippen LogP contribution in [0.4, 0.5) is 5.13 Å². The predicted molar refractivity (Wildman–Crippen MR) is 97.5 cm³/mol. The Hall–Kier alpha value is -1.83. The molecule has 1 unspecified atom stereocenters. The molecule has 1 aromatic heterocycles. The van der Waals surface area contributed by atoms with Crippen LogP contribution in [-0.4, -0.2) is 38.2 Å². The molecule has 1 atom stereocenters. The van der Waals surface area contributed by atoms with Crippen molar-refractivity contribution in [2.75, 3.05) is 32.6 Å². The number of aromatic nitrogens is 1. The summed E-state index contributed by atoms with van der Waals surface area (Å²) < 4.78 is 10.6. The number of hydrogen-bond acceptors (Lipinski definition) is 6. The van der Waals surface area contributed by atoms with Crippen molar-refractivity contribution in [2.45, 2.75) is 6.42 Å². The Morgan fingerprint density at radius 1 is 1.38 bits per heavy atom. The average molecular weight is 370 g/mol. The van der Waals surface area contributed by atoms with Gasteiger partial charge in [-0.1, -0.05) is 0 Å². The van der Waals surface area contributed by atoms with Crippen LogP contribution in [0, 0.1) is 5.92 Å². The van der Waals surface area contributed by atoms with Gasteiger partial charge in [0.05, 0.1) is 25.8 Å². The van der Waals surface area contributed by atoms with Crippen LogP contribution >= 0.6 is 23.7 Å². The number of anilines is 1. The van der Waals surface area contributed by atoms with Crippen molar-refractivity contribution < 1.29 is 14.3 Å². The van der Waals surface area contributed by atoms with Gasteiger partial charge in [0.15, 0.2) is 5.13 Å². The standard InChI is InChI=1S/C16H19N3O3S.ClH/c1-21-11-3-4-14(22-2)12(7-11)13-9-23-16(18-13)19-15(20)10-5-6-17-8-10;/h3-4,7,9-10,17H,5-6,8H2,1-2H3,(H,18,19,20);1H. The van der Waals surface area contributed by atoms with Crippen molar-refractivity contribution >= 4 is 34.8 Å². The number of carbonyl (C=O) groups is 1. The number of carbonyl (C=O) groups excluding carboxylic acids is 1. The van der Waals surface area contributed by atoms with Crippen LogP contribution in [0.25, 0.3) is 11.3 Å². The summed E-state index contributed by atoms with van der Waals surface area (Å²) in [5.74, 6) is 1.49. The molecular formula is C16H20ClN3O3S. The first kappa shape index (κ1) is 18.5. The van der Waals surface area contributed by atoms with Gasteiger partial charge in [0.1, 0.15) is 11.5 Å². The Kier molecular flexibility index (Phi) is 6.42. The zero-order valence-corrected chi connectivity index (χ0v) is 15.1. The summed E-state index contributed by atoms with van der Waals surface area (Å²) in [6.45, 7) is 1.62. The fraction of sp³-hybridized carbons (Fsp3) is 0.375. The van der Waals surface area contributed by atoms with Gasteiger partial charge in [-0.25, -0.2) is 4.98 Å². The lowest BCUT2D eigenvalue weighted by atomic mass is 10.1. The van der Waals surface area contributed by atoms with Crippen LogP contribution < -0.4 is 20.1 Å². The normalized spacial score (nSPS) is 16.3. The van der Waals surface area contributed by atoms with Crippen LogP contribution in [0.2, 0.25) is 0 Å². The molecule has 1 fully saturated rings. The van der Waals surface area contributed by atoms with Crippen molar-refractivity contribution in [3.8, 4) is 22.8 Å². The van der Waals surface area contributed by atoms with Crippen molar-refractivity contribution in [3.63, 3.8) is 0 Å². The first-order chi connectivity index (χ1) is 11.2. The third-order valence-electron chi connectivity index (χ3n) is 3.85. The predicted octanol–water partition coefficient (Wildman–Crippen LogP) is 2.80. The molecular weight excluding hydrogens is 350 g/mol. The molecule has 130 valence electrons. The minimum absolute atomic E-state index is 0. The largest absolute Gasteiger partial charge is 0.497 e. The Balaban J connectivity index is 0.00000208. The highest BCUT2D eigenvalue weighted by atomic mass is 35.5. The summed E-state index contributed by atoms with van der Waals surface area (Å²) in [5.41, 5.74) is 1.59. The molecule has 1 amide bonds. The summed E-state index contributed by atoms with van der Waals surface area (Å²) in [5, 5.41) is 8.59. The smallest absolute Gasteiger partial charge is 0.230 e. The van der Waals surface area contributed by atoms with E-state index in [1.54, 1.807) is 14.2 Å². The molecule has 2 N–H and O–H groups in total. The van der Waals surface area contributed by atoms with Gasteiger partial charge in [0.2, 0.25) is 5.91 Å². The number of nitrogens with one attached hydrogen (secondary N) is 2. The summed E-state index contributed by atoms with van der Waals surface area (Å²) in [7, 11) is 3.24. The maximum atomic E-state index is 12.2. The SMILES string of the molecule is COc1ccc(OC)c(-c2csc(NC(=O)C3CCNC3)n2)c1.Cl. The summed E-state index contributed by atoms with van der Waals surface area (Å²) in [6, 6.07) is 5.56. The second-order valence-electron chi connectivity index (χ2n) is 5.28. The van der Waals surface area contributed by atoms with E-state index in [-0.39, 0.29) is 24.2 Å². The van der Waals surface area contributed by atoms with Crippen LogP contribution in [0.5, 0.6) is 11.5 Å². The van der Waals surface area contributed by atoms with E-state index in [0.717, 1.165) is 36.5 Å². The number of hydrogen-bond donors (Lipinski definition) is 2. The van der Waals surface area contributed by atoms with Crippen LogP contribution in [-0.2, 0) is 4.79 Å². The molecule has 2 heterocycles. The minimum atomic E-state index is 0. The lowest BCUT2D eigenvalue weighted by molar-refractivity contribution is -0.119. The third-order valence-corrected chi connectivity index (χ3v) is 4.61. The maximum absolute atomic E-state index is 12.2. The average Bonchev–Trinajstić information content (AvgIpc) is 3.26. The highest BCUT2D eigenvalue weighted by Crippen LogP contribution is 2.35. The molecule has 1 aliphatic rings. The lowest BCUT2D eigenvalue weighted by Crippen LogP contribution is -2.24. The van der Waals surface area contributed by atoms with Gasteiger partial charge in [-0.05, 0) is 31.2 Å².